The molecule has 0 aromatic heterocycles. The van der Waals surface area contributed by atoms with Crippen LogP contribution in [-0.4, -0.2) is 0 Å². The van der Waals surface area contributed by atoms with Crippen LogP contribution in [0.15, 0.2) is 60.7 Å². The molecule has 2 aromatic rings. The summed E-state index contributed by atoms with van der Waals surface area (Å²) in [7, 11) is 0. The summed E-state index contributed by atoms with van der Waals surface area (Å²) in [5.41, 5.74) is 0. The summed E-state index contributed by atoms with van der Waals surface area (Å²) in [6.07, 6.45) is 0. The molecule has 0 aliphatic carbocycles. The predicted octanol–water partition coefficient (Wildman–Crippen LogP) is 3.07. The smallest absolute Gasteiger partial charge is 0 e. The number of hydrogen-bond acceptors (Lipinski definition) is 1. The first-order chi connectivity index (χ1) is 7.00. The van der Waals surface area contributed by atoms with Crippen molar-refractivity contribution in [1.29, 1.82) is 5.26 Å². The van der Waals surface area contributed by atoms with Crippen molar-refractivity contribution in [1.82, 2.24) is 0 Å². The Morgan fingerprint density at radius 2 is 0.867 bits per heavy atom. The SMILES string of the molecule is [C-]#N.[Cu].[c-]1ccccc1.[c-]1ccccc1. The fourth-order valence-electron chi connectivity index (χ4n) is 0.684. The Kier molecular flexibility index (Phi) is 15.8. The molecule has 0 heterocycles. The third-order valence-electron chi connectivity index (χ3n) is 1.21. The van der Waals surface area contributed by atoms with Crippen molar-refractivity contribution in [2.45, 2.75) is 0 Å². The van der Waals surface area contributed by atoms with Crippen molar-refractivity contribution < 1.29 is 17.1 Å². The Morgan fingerprint density at radius 3 is 0.933 bits per heavy atom. The molecule has 0 amide bonds. The molecule has 0 bridgehead atoms. The van der Waals surface area contributed by atoms with Crippen LogP contribution in [0.2, 0.25) is 0 Å². The summed E-state index contributed by atoms with van der Waals surface area (Å²) in [5.74, 6) is 0. The van der Waals surface area contributed by atoms with Crippen molar-refractivity contribution >= 4 is 0 Å². The topological polar surface area (TPSA) is 23.8 Å². The Labute approximate surface area is 102 Å². The molecule has 81 valence electrons. The Balaban J connectivity index is 0. The average Bonchev–Trinajstić information content (AvgIpc) is 2.37. The van der Waals surface area contributed by atoms with E-state index in [1.54, 1.807) is 0 Å². The van der Waals surface area contributed by atoms with E-state index in [-0.39, 0.29) is 17.1 Å². The van der Waals surface area contributed by atoms with Crippen LogP contribution in [0.3, 0.4) is 0 Å². The first-order valence-electron chi connectivity index (χ1n) is 4.04. The summed E-state index contributed by atoms with van der Waals surface area (Å²) in [4.78, 5) is 0. The standard InChI is InChI=1S/2C6H5.CN.Cu/c2*1-2-4-6-5-3-1;1-2;/h2*1-5H;;/q3*-1;. The molecular weight excluding hydrogens is 234 g/mol. The van der Waals surface area contributed by atoms with Gasteiger partial charge in [-0.05, 0) is 0 Å². The summed E-state index contributed by atoms with van der Waals surface area (Å²) in [5, 5.41) is 6.25. The molecule has 2 aromatic carbocycles. The number of nitrogens with zero attached hydrogens (tertiary/aromatic N) is 1. The second-order valence-corrected chi connectivity index (χ2v) is 2.15. The minimum atomic E-state index is 0. The van der Waals surface area contributed by atoms with E-state index >= 15 is 0 Å². The van der Waals surface area contributed by atoms with Gasteiger partial charge >= 0.3 is 0 Å². The van der Waals surface area contributed by atoms with Crippen LogP contribution in [0.5, 0.6) is 0 Å². The summed E-state index contributed by atoms with van der Waals surface area (Å²) in [6.45, 7) is 4.75. The largest absolute Gasteiger partial charge is 0.512 e. The third kappa shape index (κ3) is 12.4. The van der Waals surface area contributed by atoms with Gasteiger partial charge in [-0.3, -0.25) is 0 Å². The van der Waals surface area contributed by atoms with Crippen LogP contribution in [-0.2, 0) is 17.1 Å². The van der Waals surface area contributed by atoms with Crippen LogP contribution in [0.25, 0.3) is 0 Å². The van der Waals surface area contributed by atoms with Crippen LogP contribution >= 0.6 is 0 Å². The van der Waals surface area contributed by atoms with Gasteiger partial charge in [-0.25, -0.2) is 0 Å². The van der Waals surface area contributed by atoms with Gasteiger partial charge in [0.05, 0.1) is 0 Å². The Hall–Kier alpha value is -1.55. The summed E-state index contributed by atoms with van der Waals surface area (Å²) < 4.78 is 0. The van der Waals surface area contributed by atoms with Gasteiger partial charge < -0.3 is 11.8 Å². The van der Waals surface area contributed by atoms with E-state index in [1.807, 2.05) is 60.7 Å². The number of hydrogen-bond donors (Lipinski definition) is 0. The van der Waals surface area contributed by atoms with E-state index in [1.165, 1.54) is 0 Å². The van der Waals surface area contributed by atoms with Gasteiger partial charge in [0.25, 0.3) is 0 Å². The Bertz CT molecular complexity index is 220. The van der Waals surface area contributed by atoms with Crippen LogP contribution in [0, 0.1) is 24.0 Å². The monoisotopic (exact) mass is 243 g/mol. The van der Waals surface area contributed by atoms with E-state index in [0.717, 1.165) is 0 Å². The zero-order chi connectivity index (χ0) is 10.5. The average molecular weight is 244 g/mol. The van der Waals surface area contributed by atoms with Gasteiger partial charge in [0.2, 0.25) is 0 Å². The van der Waals surface area contributed by atoms with Gasteiger partial charge in [-0.1, -0.05) is 0 Å². The van der Waals surface area contributed by atoms with Crippen LogP contribution < -0.4 is 0 Å². The molecule has 1 radical (unpaired) electrons. The first-order valence-corrected chi connectivity index (χ1v) is 4.04. The van der Waals surface area contributed by atoms with E-state index in [9.17, 15) is 0 Å². The maximum Gasteiger partial charge on any atom is 0 e. The minimum absolute atomic E-state index is 0. The van der Waals surface area contributed by atoms with Crippen molar-refractivity contribution in [2.24, 2.45) is 0 Å². The normalized spacial score (nSPS) is 6.53. The van der Waals surface area contributed by atoms with E-state index in [2.05, 4.69) is 12.1 Å². The van der Waals surface area contributed by atoms with Crippen LogP contribution in [0.1, 0.15) is 0 Å². The first kappa shape index (κ1) is 15.9. The van der Waals surface area contributed by atoms with E-state index in [4.69, 9.17) is 11.8 Å². The summed E-state index contributed by atoms with van der Waals surface area (Å²) in [6, 6.07) is 25.0. The number of benzene rings is 2. The predicted molar refractivity (Wildman–Crippen MR) is 55.5 cm³/mol. The van der Waals surface area contributed by atoms with Gasteiger partial charge in [0, 0.05) is 17.1 Å². The zero-order valence-corrected chi connectivity index (χ0v) is 8.96. The van der Waals surface area contributed by atoms with Crippen LogP contribution in [0.4, 0.5) is 0 Å². The maximum atomic E-state index is 6.25. The molecular formula is C13H10CuN-3. The van der Waals surface area contributed by atoms with Gasteiger partial charge in [0.1, 0.15) is 0 Å². The molecule has 0 N–H and O–H groups in total. The fraction of sp³-hybridized carbons (Fsp3) is 0. The molecule has 0 saturated carbocycles. The molecule has 0 aliphatic rings. The Morgan fingerprint density at radius 1 is 0.600 bits per heavy atom. The molecule has 1 nitrogen and oxygen atoms in total. The van der Waals surface area contributed by atoms with Crippen molar-refractivity contribution in [3.8, 4) is 0 Å². The van der Waals surface area contributed by atoms with Gasteiger partial charge in [0.15, 0.2) is 0 Å². The van der Waals surface area contributed by atoms with E-state index in [0.29, 0.717) is 0 Å². The van der Waals surface area contributed by atoms with Gasteiger partial charge in [-0.15, -0.1) is 0 Å². The molecule has 0 spiro atoms. The molecule has 0 unspecified atom stereocenters. The molecule has 2 rings (SSSR count). The van der Waals surface area contributed by atoms with Gasteiger partial charge in [-0.2, -0.15) is 72.8 Å². The van der Waals surface area contributed by atoms with E-state index < -0.39 is 0 Å². The second-order valence-electron chi connectivity index (χ2n) is 2.15. The summed E-state index contributed by atoms with van der Waals surface area (Å²) >= 11 is 0. The molecule has 0 saturated heterocycles. The molecule has 15 heavy (non-hydrogen) atoms. The van der Waals surface area contributed by atoms with Crippen molar-refractivity contribution in [2.75, 3.05) is 0 Å². The van der Waals surface area contributed by atoms with Crippen molar-refractivity contribution in [3.63, 3.8) is 0 Å². The maximum absolute atomic E-state index is 6.25. The zero-order valence-electron chi connectivity index (χ0n) is 8.02. The fourth-order valence-corrected chi connectivity index (χ4v) is 0.684. The second kappa shape index (κ2) is 14.9. The third-order valence-corrected chi connectivity index (χ3v) is 1.21. The molecule has 2 heteroatoms. The molecule has 0 atom stereocenters. The minimum Gasteiger partial charge on any atom is -0.512 e. The molecule has 0 fully saturated rings. The molecule has 0 aliphatic heterocycles. The quantitative estimate of drug-likeness (QED) is 0.515. The number of rotatable bonds is 0. The van der Waals surface area contributed by atoms with Crippen molar-refractivity contribution in [3.05, 3.63) is 79.4 Å².